The third kappa shape index (κ3) is 1.92. The van der Waals surface area contributed by atoms with Crippen LogP contribution in [0.25, 0.3) is 10.9 Å². The van der Waals surface area contributed by atoms with Crippen LogP contribution in [0.3, 0.4) is 0 Å². The maximum atomic E-state index is 3.61. The second kappa shape index (κ2) is 4.20. The number of hydrogen-bond acceptors (Lipinski definition) is 1. The van der Waals surface area contributed by atoms with Crippen molar-refractivity contribution in [1.29, 1.82) is 0 Å². The first-order valence-electron chi connectivity index (χ1n) is 6.26. The summed E-state index contributed by atoms with van der Waals surface area (Å²) in [6, 6.07) is 11.3. The number of nitrogens with one attached hydrogen (secondary N) is 2. The van der Waals surface area contributed by atoms with Crippen LogP contribution in [-0.4, -0.2) is 11.0 Å². The molecular weight excluding hydrogens is 196 g/mol. The second-order valence-corrected chi connectivity index (χ2v) is 4.75. The first-order chi connectivity index (χ1) is 7.92. The van der Waals surface area contributed by atoms with E-state index in [-0.39, 0.29) is 0 Å². The van der Waals surface area contributed by atoms with E-state index in [9.17, 15) is 0 Å². The first kappa shape index (κ1) is 9.76. The van der Waals surface area contributed by atoms with E-state index in [4.69, 9.17) is 0 Å². The molecule has 2 nitrogen and oxygen atoms in total. The standard InChI is InChI=1S/C14H18N2/c1-2-7-12(8-3-1)15-14-10-11-6-4-5-9-13(11)16-14/h4-6,9-10,12,15-16H,1-3,7-8H2. The fraction of sp³-hybridized carbons (Fsp3) is 0.429. The third-order valence-electron chi connectivity index (χ3n) is 3.49. The van der Waals surface area contributed by atoms with Crippen LogP contribution < -0.4 is 5.32 Å². The van der Waals surface area contributed by atoms with Crippen LogP contribution in [-0.2, 0) is 0 Å². The van der Waals surface area contributed by atoms with Gasteiger partial charge in [-0.25, -0.2) is 0 Å². The summed E-state index contributed by atoms with van der Waals surface area (Å²) in [7, 11) is 0. The number of H-pyrrole nitrogens is 1. The molecule has 0 bridgehead atoms. The Labute approximate surface area is 96.1 Å². The molecule has 84 valence electrons. The van der Waals surface area contributed by atoms with Crippen LogP contribution in [0.15, 0.2) is 30.3 Å². The maximum Gasteiger partial charge on any atom is 0.104 e. The Bertz CT molecular complexity index is 433. The molecule has 0 atom stereocenters. The molecular formula is C14H18N2. The molecule has 1 aliphatic rings. The molecule has 1 aliphatic carbocycles. The molecule has 1 saturated carbocycles. The zero-order chi connectivity index (χ0) is 10.8. The van der Waals surface area contributed by atoms with Gasteiger partial charge in [-0.3, -0.25) is 0 Å². The summed E-state index contributed by atoms with van der Waals surface area (Å²) in [5, 5.41) is 4.91. The van der Waals surface area contributed by atoms with Crippen molar-refractivity contribution in [2.24, 2.45) is 0 Å². The molecule has 2 heteroatoms. The van der Waals surface area contributed by atoms with Gasteiger partial charge < -0.3 is 10.3 Å². The lowest BCUT2D eigenvalue weighted by atomic mass is 9.95. The third-order valence-corrected chi connectivity index (χ3v) is 3.49. The van der Waals surface area contributed by atoms with Crippen molar-refractivity contribution in [1.82, 2.24) is 4.98 Å². The lowest BCUT2D eigenvalue weighted by Gasteiger charge is -2.22. The number of benzene rings is 1. The fourth-order valence-corrected chi connectivity index (χ4v) is 2.62. The number of hydrogen-bond donors (Lipinski definition) is 2. The Morgan fingerprint density at radius 1 is 1.06 bits per heavy atom. The van der Waals surface area contributed by atoms with Gasteiger partial charge in [0.05, 0.1) is 0 Å². The van der Waals surface area contributed by atoms with E-state index < -0.39 is 0 Å². The van der Waals surface area contributed by atoms with Gasteiger partial charge in [0.1, 0.15) is 5.82 Å². The lowest BCUT2D eigenvalue weighted by Crippen LogP contribution is -2.22. The fourth-order valence-electron chi connectivity index (χ4n) is 2.62. The van der Waals surface area contributed by atoms with Gasteiger partial charge in [0, 0.05) is 16.9 Å². The van der Waals surface area contributed by atoms with Gasteiger partial charge >= 0.3 is 0 Å². The zero-order valence-electron chi connectivity index (χ0n) is 9.50. The van der Waals surface area contributed by atoms with E-state index in [0.717, 1.165) is 0 Å². The highest BCUT2D eigenvalue weighted by Crippen LogP contribution is 2.23. The Hall–Kier alpha value is -1.44. The number of aromatic nitrogens is 1. The van der Waals surface area contributed by atoms with E-state index in [2.05, 4.69) is 40.6 Å². The molecule has 16 heavy (non-hydrogen) atoms. The van der Waals surface area contributed by atoms with E-state index in [1.54, 1.807) is 0 Å². The Morgan fingerprint density at radius 3 is 2.69 bits per heavy atom. The first-order valence-corrected chi connectivity index (χ1v) is 6.26. The minimum Gasteiger partial charge on any atom is -0.369 e. The Kier molecular flexibility index (Phi) is 2.56. The summed E-state index contributed by atoms with van der Waals surface area (Å²) < 4.78 is 0. The molecule has 0 spiro atoms. The lowest BCUT2D eigenvalue weighted by molar-refractivity contribution is 0.462. The quantitative estimate of drug-likeness (QED) is 0.779. The molecule has 1 fully saturated rings. The summed E-state index contributed by atoms with van der Waals surface area (Å²) in [5.41, 5.74) is 1.22. The predicted molar refractivity (Wildman–Crippen MR) is 68.8 cm³/mol. The van der Waals surface area contributed by atoms with Gasteiger partial charge in [0.15, 0.2) is 0 Å². The van der Waals surface area contributed by atoms with Crippen LogP contribution in [0.2, 0.25) is 0 Å². The summed E-state index contributed by atoms with van der Waals surface area (Å²) in [6.07, 6.45) is 6.78. The van der Waals surface area contributed by atoms with Crippen molar-refractivity contribution in [3.05, 3.63) is 30.3 Å². The Balaban J connectivity index is 1.78. The summed E-state index contributed by atoms with van der Waals surface area (Å²) in [6.45, 7) is 0. The normalized spacial score (nSPS) is 17.8. The van der Waals surface area contributed by atoms with Crippen molar-refractivity contribution in [3.8, 4) is 0 Å². The molecule has 0 radical (unpaired) electrons. The molecule has 2 aromatic rings. The molecule has 0 aliphatic heterocycles. The molecule has 3 rings (SSSR count). The molecule has 0 unspecified atom stereocenters. The number of para-hydroxylation sites is 1. The Morgan fingerprint density at radius 2 is 1.88 bits per heavy atom. The van der Waals surface area contributed by atoms with Crippen molar-refractivity contribution < 1.29 is 0 Å². The van der Waals surface area contributed by atoms with Gasteiger partial charge in [-0.05, 0) is 25.0 Å². The largest absolute Gasteiger partial charge is 0.369 e. The number of rotatable bonds is 2. The molecule has 0 saturated heterocycles. The van der Waals surface area contributed by atoms with E-state index in [1.807, 2.05) is 0 Å². The van der Waals surface area contributed by atoms with Crippen LogP contribution in [0.4, 0.5) is 5.82 Å². The SMILES string of the molecule is c1ccc2[nH]c(NC3CCCCC3)cc2c1. The van der Waals surface area contributed by atoms with Gasteiger partial charge in [-0.1, -0.05) is 37.5 Å². The summed E-state index contributed by atoms with van der Waals surface area (Å²) >= 11 is 0. The van der Waals surface area contributed by atoms with Crippen molar-refractivity contribution in [3.63, 3.8) is 0 Å². The smallest absolute Gasteiger partial charge is 0.104 e. The van der Waals surface area contributed by atoms with Crippen molar-refractivity contribution in [2.75, 3.05) is 5.32 Å². The number of anilines is 1. The summed E-state index contributed by atoms with van der Waals surface area (Å²) in [5.74, 6) is 1.17. The molecule has 1 heterocycles. The summed E-state index contributed by atoms with van der Waals surface area (Å²) in [4.78, 5) is 3.43. The second-order valence-electron chi connectivity index (χ2n) is 4.75. The van der Waals surface area contributed by atoms with Crippen molar-refractivity contribution >= 4 is 16.7 Å². The predicted octanol–water partition coefficient (Wildman–Crippen LogP) is 3.91. The topological polar surface area (TPSA) is 27.8 Å². The average molecular weight is 214 g/mol. The van der Waals surface area contributed by atoms with Gasteiger partial charge in [0.2, 0.25) is 0 Å². The van der Waals surface area contributed by atoms with E-state index >= 15 is 0 Å². The van der Waals surface area contributed by atoms with Gasteiger partial charge in [-0.15, -0.1) is 0 Å². The van der Waals surface area contributed by atoms with Crippen LogP contribution in [0.1, 0.15) is 32.1 Å². The van der Waals surface area contributed by atoms with Crippen LogP contribution in [0, 0.1) is 0 Å². The monoisotopic (exact) mass is 214 g/mol. The van der Waals surface area contributed by atoms with Crippen molar-refractivity contribution in [2.45, 2.75) is 38.1 Å². The highest BCUT2D eigenvalue weighted by atomic mass is 15.0. The molecule has 0 amide bonds. The maximum absolute atomic E-state index is 3.61. The minimum absolute atomic E-state index is 0.668. The van der Waals surface area contributed by atoms with Crippen LogP contribution in [0.5, 0.6) is 0 Å². The highest BCUT2D eigenvalue weighted by molar-refractivity contribution is 5.83. The van der Waals surface area contributed by atoms with Gasteiger partial charge in [-0.2, -0.15) is 0 Å². The molecule has 1 aromatic carbocycles. The average Bonchev–Trinajstić information content (AvgIpc) is 2.72. The van der Waals surface area contributed by atoms with Crippen LogP contribution >= 0.6 is 0 Å². The number of fused-ring (bicyclic) bond motifs is 1. The number of aromatic amines is 1. The molecule has 2 N–H and O–H groups in total. The van der Waals surface area contributed by atoms with E-state index in [0.29, 0.717) is 6.04 Å². The zero-order valence-corrected chi connectivity index (χ0v) is 9.50. The minimum atomic E-state index is 0.668. The van der Waals surface area contributed by atoms with Gasteiger partial charge in [0.25, 0.3) is 0 Å². The van der Waals surface area contributed by atoms with E-state index in [1.165, 1.54) is 48.8 Å². The molecule has 1 aromatic heterocycles. The highest BCUT2D eigenvalue weighted by Gasteiger charge is 2.13.